The minimum Gasteiger partial charge on any atom is -0.411 e. The van der Waals surface area contributed by atoms with Crippen LogP contribution in [0.2, 0.25) is 18.6 Å². The fraction of sp³-hybridized carbons (Fsp3) is 0.625. The number of ether oxygens (including phenoxy) is 1. The first kappa shape index (κ1) is 22.4. The molecule has 0 bridgehead atoms. The average molecular weight is 391 g/mol. The molecule has 4 N–H and O–H groups in total. The standard InChI is InChI=1S/C16H30O7Si2/c1-21-25(12-9-17,11-6-10-22-14-15(19)13-18)23-24(2,20)16-7-4-3-5-8-16/h3-5,7-8,15,17-20H,6,9-14H2,1-2H3. The van der Waals surface area contributed by atoms with Crippen molar-refractivity contribution in [1.82, 2.24) is 0 Å². The lowest BCUT2D eigenvalue weighted by Gasteiger charge is -2.35. The molecule has 0 aliphatic carbocycles. The summed E-state index contributed by atoms with van der Waals surface area (Å²) in [6.45, 7) is 1.72. The van der Waals surface area contributed by atoms with E-state index < -0.39 is 23.2 Å². The van der Waals surface area contributed by atoms with Gasteiger partial charge in [-0.05, 0) is 24.2 Å². The van der Waals surface area contributed by atoms with Crippen LogP contribution in [0.25, 0.3) is 0 Å². The predicted molar refractivity (Wildman–Crippen MR) is 99.0 cm³/mol. The molecule has 0 spiro atoms. The Kier molecular flexibility index (Phi) is 10.0. The molecule has 3 atom stereocenters. The van der Waals surface area contributed by atoms with Crippen LogP contribution in [0.1, 0.15) is 6.42 Å². The molecule has 0 radical (unpaired) electrons. The van der Waals surface area contributed by atoms with Crippen LogP contribution in [0, 0.1) is 0 Å². The second-order valence-electron chi connectivity index (χ2n) is 6.05. The second-order valence-corrected chi connectivity index (χ2v) is 12.6. The Morgan fingerprint density at radius 2 is 1.80 bits per heavy atom. The van der Waals surface area contributed by atoms with Gasteiger partial charge in [-0.25, -0.2) is 0 Å². The highest BCUT2D eigenvalue weighted by Gasteiger charge is 2.44. The predicted octanol–water partition coefficient (Wildman–Crippen LogP) is -0.185. The first-order valence-electron chi connectivity index (χ1n) is 8.40. The number of aliphatic hydroxyl groups is 3. The Hall–Kier alpha value is -0.626. The van der Waals surface area contributed by atoms with E-state index in [4.69, 9.17) is 18.4 Å². The molecule has 25 heavy (non-hydrogen) atoms. The lowest BCUT2D eigenvalue weighted by molar-refractivity contribution is 0.00613. The summed E-state index contributed by atoms with van der Waals surface area (Å²) in [6.07, 6.45) is -0.276. The average Bonchev–Trinajstić information content (AvgIpc) is 2.61. The van der Waals surface area contributed by atoms with Crippen LogP contribution in [0.3, 0.4) is 0 Å². The van der Waals surface area contributed by atoms with E-state index in [0.29, 0.717) is 25.1 Å². The van der Waals surface area contributed by atoms with E-state index in [1.165, 1.54) is 0 Å². The number of aliphatic hydroxyl groups excluding tert-OH is 3. The van der Waals surface area contributed by atoms with Crippen LogP contribution in [-0.4, -0.2) is 76.9 Å². The second kappa shape index (κ2) is 11.2. The van der Waals surface area contributed by atoms with Gasteiger partial charge in [0.25, 0.3) is 0 Å². The van der Waals surface area contributed by atoms with E-state index in [9.17, 15) is 15.0 Å². The van der Waals surface area contributed by atoms with E-state index in [1.807, 2.05) is 30.3 Å². The molecule has 0 aliphatic heterocycles. The third-order valence-electron chi connectivity index (χ3n) is 3.93. The summed E-state index contributed by atoms with van der Waals surface area (Å²) in [5.74, 6) is 0. The summed E-state index contributed by atoms with van der Waals surface area (Å²) < 4.78 is 17.1. The molecule has 9 heteroatoms. The van der Waals surface area contributed by atoms with Gasteiger partial charge in [0, 0.05) is 26.4 Å². The highest BCUT2D eigenvalue weighted by molar-refractivity contribution is 6.87. The molecular formula is C16H30O7Si2. The van der Waals surface area contributed by atoms with E-state index >= 15 is 0 Å². The van der Waals surface area contributed by atoms with Crippen LogP contribution in [-0.2, 0) is 13.3 Å². The van der Waals surface area contributed by atoms with Crippen molar-refractivity contribution in [2.24, 2.45) is 0 Å². The molecule has 144 valence electrons. The number of hydrogen-bond acceptors (Lipinski definition) is 7. The van der Waals surface area contributed by atoms with E-state index in [1.54, 1.807) is 13.7 Å². The summed E-state index contributed by atoms with van der Waals surface area (Å²) in [6, 6.07) is 10.2. The van der Waals surface area contributed by atoms with Gasteiger partial charge < -0.3 is 33.4 Å². The van der Waals surface area contributed by atoms with Gasteiger partial charge in [0.1, 0.15) is 6.10 Å². The van der Waals surface area contributed by atoms with Crippen molar-refractivity contribution in [3.05, 3.63) is 30.3 Å². The van der Waals surface area contributed by atoms with Crippen molar-refractivity contribution < 1.29 is 33.4 Å². The zero-order chi connectivity index (χ0) is 18.8. The van der Waals surface area contributed by atoms with Gasteiger partial charge in [0.05, 0.1) is 13.2 Å². The van der Waals surface area contributed by atoms with Crippen molar-refractivity contribution >= 4 is 22.3 Å². The molecule has 3 unspecified atom stereocenters. The summed E-state index contributed by atoms with van der Waals surface area (Å²) >= 11 is 0. The normalized spacial score (nSPS) is 17.7. The van der Waals surface area contributed by atoms with E-state index in [2.05, 4.69) is 0 Å². The molecule has 1 aromatic carbocycles. The van der Waals surface area contributed by atoms with Crippen molar-refractivity contribution in [1.29, 1.82) is 0 Å². The van der Waals surface area contributed by atoms with Crippen molar-refractivity contribution in [3.63, 3.8) is 0 Å². The topological polar surface area (TPSA) is 109 Å². The smallest absolute Gasteiger partial charge is 0.357 e. The molecule has 0 fully saturated rings. The third kappa shape index (κ3) is 7.64. The van der Waals surface area contributed by atoms with Gasteiger partial charge in [-0.1, -0.05) is 30.3 Å². The molecule has 1 rings (SSSR count). The van der Waals surface area contributed by atoms with Gasteiger partial charge in [-0.2, -0.15) is 0 Å². The van der Waals surface area contributed by atoms with E-state index in [-0.39, 0.29) is 19.8 Å². The maximum Gasteiger partial charge on any atom is 0.357 e. The summed E-state index contributed by atoms with van der Waals surface area (Å²) in [5.41, 5.74) is 0. The molecule has 0 saturated carbocycles. The van der Waals surface area contributed by atoms with Gasteiger partial charge in [0.15, 0.2) is 0 Å². The Bertz CT molecular complexity index is 475. The molecule has 7 nitrogen and oxygen atoms in total. The number of rotatable bonds is 13. The van der Waals surface area contributed by atoms with E-state index in [0.717, 1.165) is 5.19 Å². The maximum atomic E-state index is 10.9. The lowest BCUT2D eigenvalue weighted by Crippen LogP contribution is -2.58. The molecule has 0 saturated heterocycles. The fourth-order valence-corrected chi connectivity index (χ4v) is 9.54. The Balaban J connectivity index is 2.68. The third-order valence-corrected chi connectivity index (χ3v) is 11.3. The van der Waals surface area contributed by atoms with Gasteiger partial charge in [-0.15, -0.1) is 0 Å². The minimum absolute atomic E-state index is 0.0649. The zero-order valence-corrected chi connectivity index (χ0v) is 16.9. The molecular weight excluding hydrogens is 360 g/mol. The van der Waals surface area contributed by atoms with Crippen molar-refractivity contribution in [2.75, 3.05) is 33.5 Å². The molecule has 1 aromatic rings. The van der Waals surface area contributed by atoms with Crippen LogP contribution in [0.4, 0.5) is 0 Å². The zero-order valence-electron chi connectivity index (χ0n) is 14.9. The summed E-state index contributed by atoms with van der Waals surface area (Å²) in [5, 5.41) is 28.2. The maximum absolute atomic E-state index is 10.9. The van der Waals surface area contributed by atoms with Crippen LogP contribution >= 0.6 is 0 Å². The largest absolute Gasteiger partial charge is 0.411 e. The summed E-state index contributed by atoms with van der Waals surface area (Å²) in [4.78, 5) is 10.9. The summed E-state index contributed by atoms with van der Waals surface area (Å²) in [7, 11) is -4.41. The molecule has 0 amide bonds. The van der Waals surface area contributed by atoms with Crippen molar-refractivity contribution in [2.45, 2.75) is 31.2 Å². The van der Waals surface area contributed by atoms with Crippen LogP contribution in [0.5, 0.6) is 0 Å². The Morgan fingerprint density at radius 3 is 2.36 bits per heavy atom. The van der Waals surface area contributed by atoms with Gasteiger partial charge in [0.2, 0.25) is 0 Å². The highest BCUT2D eigenvalue weighted by Crippen LogP contribution is 2.24. The monoisotopic (exact) mass is 390 g/mol. The van der Waals surface area contributed by atoms with Crippen molar-refractivity contribution in [3.8, 4) is 0 Å². The molecule has 0 heterocycles. The number of benzene rings is 1. The quantitative estimate of drug-likeness (QED) is 0.273. The lowest BCUT2D eigenvalue weighted by atomic mass is 10.4. The van der Waals surface area contributed by atoms with Crippen LogP contribution in [0.15, 0.2) is 30.3 Å². The minimum atomic E-state index is -3.15. The fourth-order valence-electron chi connectivity index (χ4n) is 2.53. The first-order chi connectivity index (χ1) is 11.9. The molecule has 0 aromatic heterocycles. The SMILES string of the molecule is CO[Si](CCO)(CCCOCC(O)CO)O[Si](C)(O)c1ccccc1. The highest BCUT2D eigenvalue weighted by atomic mass is 28.5. The van der Waals surface area contributed by atoms with Gasteiger partial charge >= 0.3 is 17.1 Å². The molecule has 0 aliphatic rings. The Morgan fingerprint density at radius 1 is 1.12 bits per heavy atom. The number of hydrogen-bond donors (Lipinski definition) is 4. The Labute approximate surface area is 151 Å². The first-order valence-corrected chi connectivity index (χ1v) is 13.0. The van der Waals surface area contributed by atoms with Gasteiger partial charge in [-0.3, -0.25) is 0 Å². The van der Waals surface area contributed by atoms with Crippen LogP contribution < -0.4 is 5.19 Å².